The molecule has 0 atom stereocenters. The SMILES string of the molecule is CCCCSCc1cc(F)cc(C(=O)O)c1. The molecule has 0 saturated carbocycles. The van der Waals surface area contributed by atoms with Crippen molar-refractivity contribution in [3.63, 3.8) is 0 Å². The highest BCUT2D eigenvalue weighted by molar-refractivity contribution is 7.98. The molecule has 1 N–H and O–H groups in total. The maximum absolute atomic E-state index is 13.1. The van der Waals surface area contributed by atoms with Gasteiger partial charge in [0.05, 0.1) is 5.56 Å². The van der Waals surface area contributed by atoms with Gasteiger partial charge in [-0.25, -0.2) is 9.18 Å². The summed E-state index contributed by atoms with van der Waals surface area (Å²) in [5.41, 5.74) is 0.754. The van der Waals surface area contributed by atoms with Crippen LogP contribution < -0.4 is 0 Å². The molecule has 0 fully saturated rings. The van der Waals surface area contributed by atoms with Gasteiger partial charge in [-0.2, -0.15) is 11.8 Å². The Balaban J connectivity index is 2.62. The molecule has 0 amide bonds. The molecule has 0 bridgehead atoms. The smallest absolute Gasteiger partial charge is 0.335 e. The van der Waals surface area contributed by atoms with Gasteiger partial charge >= 0.3 is 5.97 Å². The van der Waals surface area contributed by atoms with Crippen LogP contribution in [-0.2, 0) is 5.75 Å². The van der Waals surface area contributed by atoms with E-state index in [0.29, 0.717) is 5.75 Å². The Hall–Kier alpha value is -1.03. The van der Waals surface area contributed by atoms with E-state index < -0.39 is 11.8 Å². The first-order valence-electron chi connectivity index (χ1n) is 5.24. The van der Waals surface area contributed by atoms with Crippen LogP contribution in [0.5, 0.6) is 0 Å². The molecular weight excluding hydrogens is 227 g/mol. The molecule has 0 aliphatic heterocycles. The third-order valence-corrected chi connectivity index (χ3v) is 3.23. The second-order valence-electron chi connectivity index (χ2n) is 3.56. The van der Waals surface area contributed by atoms with E-state index >= 15 is 0 Å². The normalized spacial score (nSPS) is 10.4. The van der Waals surface area contributed by atoms with Crippen LogP contribution >= 0.6 is 11.8 Å². The summed E-state index contributed by atoms with van der Waals surface area (Å²) in [6.07, 6.45) is 2.27. The van der Waals surface area contributed by atoms with Gasteiger partial charge in [0.2, 0.25) is 0 Å². The maximum Gasteiger partial charge on any atom is 0.335 e. The van der Waals surface area contributed by atoms with Crippen LogP contribution in [0.2, 0.25) is 0 Å². The van der Waals surface area contributed by atoms with Crippen molar-refractivity contribution in [2.45, 2.75) is 25.5 Å². The fourth-order valence-electron chi connectivity index (χ4n) is 1.29. The molecule has 0 spiro atoms. The lowest BCUT2D eigenvalue weighted by molar-refractivity contribution is 0.0696. The lowest BCUT2D eigenvalue weighted by atomic mass is 10.1. The van der Waals surface area contributed by atoms with Crippen LogP contribution in [0.1, 0.15) is 35.7 Å². The third kappa shape index (κ3) is 4.23. The van der Waals surface area contributed by atoms with Gasteiger partial charge in [-0.15, -0.1) is 0 Å². The number of carbonyl (C=O) groups is 1. The standard InChI is InChI=1S/C12H15FO2S/c1-2-3-4-16-8-9-5-10(12(14)15)7-11(13)6-9/h5-7H,2-4,8H2,1H3,(H,14,15). The summed E-state index contributed by atoms with van der Waals surface area (Å²) < 4.78 is 13.1. The van der Waals surface area contributed by atoms with Crippen molar-refractivity contribution in [2.75, 3.05) is 5.75 Å². The quantitative estimate of drug-likeness (QED) is 0.775. The zero-order valence-corrected chi connectivity index (χ0v) is 10.0. The topological polar surface area (TPSA) is 37.3 Å². The van der Waals surface area contributed by atoms with Crippen LogP contribution in [-0.4, -0.2) is 16.8 Å². The Bertz CT molecular complexity index is 366. The summed E-state index contributed by atoms with van der Waals surface area (Å²) in [5.74, 6) is 0.123. The zero-order valence-electron chi connectivity index (χ0n) is 9.20. The summed E-state index contributed by atoms with van der Waals surface area (Å²) in [7, 11) is 0. The molecule has 0 radical (unpaired) electrons. The van der Waals surface area contributed by atoms with Gasteiger partial charge in [-0.3, -0.25) is 0 Å². The van der Waals surface area contributed by atoms with Crippen LogP contribution in [0.25, 0.3) is 0 Å². The van der Waals surface area contributed by atoms with E-state index in [1.165, 1.54) is 12.1 Å². The van der Waals surface area contributed by atoms with Crippen LogP contribution in [0, 0.1) is 5.82 Å². The molecule has 0 aromatic heterocycles. The summed E-state index contributed by atoms with van der Waals surface area (Å²) in [6, 6.07) is 3.97. The molecule has 1 aromatic rings. The molecule has 16 heavy (non-hydrogen) atoms. The minimum Gasteiger partial charge on any atom is -0.478 e. The second-order valence-corrected chi connectivity index (χ2v) is 4.66. The summed E-state index contributed by atoms with van der Waals surface area (Å²) in [6.45, 7) is 2.12. The number of unbranched alkanes of at least 4 members (excludes halogenated alkanes) is 1. The molecular formula is C12H15FO2S. The van der Waals surface area contributed by atoms with Crippen molar-refractivity contribution in [1.82, 2.24) is 0 Å². The predicted molar refractivity (Wildman–Crippen MR) is 64.4 cm³/mol. The van der Waals surface area contributed by atoms with Gasteiger partial charge in [0.15, 0.2) is 0 Å². The van der Waals surface area contributed by atoms with Crippen molar-refractivity contribution < 1.29 is 14.3 Å². The summed E-state index contributed by atoms with van der Waals surface area (Å²) >= 11 is 1.70. The van der Waals surface area contributed by atoms with Gasteiger partial charge in [-0.05, 0) is 35.9 Å². The van der Waals surface area contributed by atoms with Crippen molar-refractivity contribution in [3.8, 4) is 0 Å². The minimum absolute atomic E-state index is 0.0195. The lowest BCUT2D eigenvalue weighted by Gasteiger charge is -2.03. The van der Waals surface area contributed by atoms with E-state index in [0.717, 1.165) is 30.2 Å². The van der Waals surface area contributed by atoms with Crippen molar-refractivity contribution in [3.05, 3.63) is 35.1 Å². The van der Waals surface area contributed by atoms with Crippen LogP contribution in [0.4, 0.5) is 4.39 Å². The fraction of sp³-hybridized carbons (Fsp3) is 0.417. The summed E-state index contributed by atoms with van der Waals surface area (Å²) in [4.78, 5) is 10.7. The van der Waals surface area contributed by atoms with E-state index in [4.69, 9.17) is 5.11 Å². The average Bonchev–Trinajstić information content (AvgIpc) is 2.23. The van der Waals surface area contributed by atoms with Crippen LogP contribution in [0.15, 0.2) is 18.2 Å². The zero-order chi connectivity index (χ0) is 12.0. The highest BCUT2D eigenvalue weighted by Gasteiger charge is 2.06. The van der Waals surface area contributed by atoms with E-state index in [1.807, 2.05) is 0 Å². The molecule has 0 aliphatic carbocycles. The Morgan fingerprint density at radius 2 is 2.19 bits per heavy atom. The number of hydrogen-bond donors (Lipinski definition) is 1. The van der Waals surface area contributed by atoms with Crippen LogP contribution in [0.3, 0.4) is 0 Å². The van der Waals surface area contributed by atoms with Gasteiger partial charge in [0.25, 0.3) is 0 Å². The first-order valence-corrected chi connectivity index (χ1v) is 6.39. The highest BCUT2D eigenvalue weighted by atomic mass is 32.2. The highest BCUT2D eigenvalue weighted by Crippen LogP contribution is 2.17. The lowest BCUT2D eigenvalue weighted by Crippen LogP contribution is -1.98. The molecule has 88 valence electrons. The van der Waals surface area contributed by atoms with E-state index in [2.05, 4.69) is 6.92 Å². The second kappa shape index (κ2) is 6.53. The van der Waals surface area contributed by atoms with Gasteiger partial charge in [0.1, 0.15) is 5.82 Å². The Labute approximate surface area is 98.9 Å². The number of benzene rings is 1. The Kier molecular flexibility index (Phi) is 5.32. The number of halogens is 1. The number of rotatable bonds is 6. The number of thioether (sulfide) groups is 1. The summed E-state index contributed by atoms with van der Waals surface area (Å²) in [5, 5.41) is 8.77. The Morgan fingerprint density at radius 3 is 2.81 bits per heavy atom. The van der Waals surface area contributed by atoms with Crippen molar-refractivity contribution >= 4 is 17.7 Å². The molecule has 1 rings (SSSR count). The first-order chi connectivity index (χ1) is 7.63. The maximum atomic E-state index is 13.1. The third-order valence-electron chi connectivity index (χ3n) is 2.12. The largest absolute Gasteiger partial charge is 0.478 e. The molecule has 1 aromatic carbocycles. The number of carboxylic acid groups (broad SMARTS) is 1. The van der Waals surface area contributed by atoms with E-state index in [9.17, 15) is 9.18 Å². The van der Waals surface area contributed by atoms with E-state index in [-0.39, 0.29) is 5.56 Å². The molecule has 2 nitrogen and oxygen atoms in total. The fourth-order valence-corrected chi connectivity index (χ4v) is 2.33. The predicted octanol–water partition coefficient (Wildman–Crippen LogP) is 3.56. The van der Waals surface area contributed by atoms with Crippen molar-refractivity contribution in [2.24, 2.45) is 0 Å². The first kappa shape index (κ1) is 13.0. The van der Waals surface area contributed by atoms with Gasteiger partial charge in [0, 0.05) is 5.75 Å². The minimum atomic E-state index is -1.08. The average molecular weight is 242 g/mol. The molecule has 0 unspecified atom stereocenters. The molecule has 4 heteroatoms. The molecule has 0 saturated heterocycles. The Morgan fingerprint density at radius 1 is 1.44 bits per heavy atom. The van der Waals surface area contributed by atoms with Gasteiger partial charge in [-0.1, -0.05) is 13.3 Å². The molecule has 0 aliphatic rings. The number of aromatic carboxylic acids is 1. The van der Waals surface area contributed by atoms with Gasteiger partial charge < -0.3 is 5.11 Å². The van der Waals surface area contributed by atoms with E-state index in [1.54, 1.807) is 11.8 Å². The number of hydrogen-bond acceptors (Lipinski definition) is 2. The molecule has 0 heterocycles. The van der Waals surface area contributed by atoms with Crippen molar-refractivity contribution in [1.29, 1.82) is 0 Å². The monoisotopic (exact) mass is 242 g/mol. The number of carboxylic acids is 1.